The highest BCUT2D eigenvalue weighted by molar-refractivity contribution is 5.84. The lowest BCUT2D eigenvalue weighted by atomic mass is 10.1. The first-order valence-electron chi connectivity index (χ1n) is 9.22. The van der Waals surface area contributed by atoms with Gasteiger partial charge in [0.1, 0.15) is 0 Å². The van der Waals surface area contributed by atoms with Gasteiger partial charge in [-0.1, -0.05) is 26.0 Å². The maximum atomic E-state index is 11.2. The molecule has 0 aliphatic heterocycles. The van der Waals surface area contributed by atoms with Crippen molar-refractivity contribution in [3.05, 3.63) is 47.3 Å². The number of methoxy groups -OCH3 is 1. The van der Waals surface area contributed by atoms with Gasteiger partial charge in [-0.3, -0.25) is 15.0 Å². The largest absolute Gasteiger partial charge is 0.453 e. The number of carbonyl (C=O) groups is 1. The molecule has 0 aliphatic carbocycles. The summed E-state index contributed by atoms with van der Waals surface area (Å²) >= 11 is 0. The molecule has 0 saturated carbocycles. The van der Waals surface area contributed by atoms with Gasteiger partial charge in [0.25, 0.3) is 0 Å². The number of hydrogen-bond donors (Lipinski definition) is 2. The van der Waals surface area contributed by atoms with Crippen LogP contribution in [0.25, 0.3) is 0 Å². The van der Waals surface area contributed by atoms with Crippen LogP contribution in [0.5, 0.6) is 0 Å². The second-order valence-corrected chi connectivity index (χ2v) is 6.94. The van der Waals surface area contributed by atoms with Crippen LogP contribution in [0, 0.1) is 0 Å². The molecular weight excluding hydrogens is 356 g/mol. The number of ether oxygens (including phenoxy) is 1. The lowest BCUT2D eigenvalue weighted by Gasteiger charge is -2.22. The zero-order valence-electron chi connectivity index (χ0n) is 17.5. The molecule has 1 aromatic heterocycles. The summed E-state index contributed by atoms with van der Waals surface area (Å²) in [6.45, 7) is 5.65. The maximum Gasteiger partial charge on any atom is 0.411 e. The van der Waals surface area contributed by atoms with Crippen LogP contribution in [0.1, 0.15) is 36.6 Å². The van der Waals surface area contributed by atoms with Crippen LogP contribution < -0.4 is 10.6 Å². The van der Waals surface area contributed by atoms with E-state index in [1.54, 1.807) is 7.05 Å². The van der Waals surface area contributed by atoms with Crippen LogP contribution in [0.15, 0.2) is 35.5 Å². The molecule has 2 aromatic rings. The zero-order valence-corrected chi connectivity index (χ0v) is 17.5. The van der Waals surface area contributed by atoms with Gasteiger partial charge in [0.05, 0.1) is 12.8 Å². The van der Waals surface area contributed by atoms with Crippen molar-refractivity contribution >= 4 is 17.7 Å². The summed E-state index contributed by atoms with van der Waals surface area (Å²) in [6, 6.07) is 7.57. The fourth-order valence-electron chi connectivity index (χ4n) is 2.93. The van der Waals surface area contributed by atoms with Gasteiger partial charge in [0, 0.05) is 51.7 Å². The van der Waals surface area contributed by atoms with Crippen molar-refractivity contribution in [3.63, 3.8) is 0 Å². The fraction of sp³-hybridized carbons (Fsp3) is 0.450. The maximum absolute atomic E-state index is 11.2. The number of benzene rings is 1. The molecule has 8 nitrogen and oxygen atoms in total. The van der Waals surface area contributed by atoms with Crippen molar-refractivity contribution in [2.24, 2.45) is 12.0 Å². The van der Waals surface area contributed by atoms with Crippen LogP contribution in [0.2, 0.25) is 0 Å². The molecule has 0 spiro atoms. The highest BCUT2D eigenvalue weighted by Crippen LogP contribution is 2.18. The SMILES string of the molecule is CN=C(NCc1ccc(NC(=O)OC)cc1)N(C)Cc1cn(C)nc1C(C)C. The predicted octanol–water partition coefficient (Wildman–Crippen LogP) is 2.93. The van der Waals surface area contributed by atoms with Crippen molar-refractivity contribution in [1.82, 2.24) is 20.0 Å². The molecule has 28 heavy (non-hydrogen) atoms. The van der Waals surface area contributed by atoms with Crippen molar-refractivity contribution in [2.45, 2.75) is 32.9 Å². The average Bonchev–Trinajstić information content (AvgIpc) is 3.03. The van der Waals surface area contributed by atoms with E-state index in [9.17, 15) is 4.79 Å². The van der Waals surface area contributed by atoms with E-state index < -0.39 is 6.09 Å². The number of rotatable bonds is 6. The van der Waals surface area contributed by atoms with E-state index in [0.717, 1.165) is 23.8 Å². The summed E-state index contributed by atoms with van der Waals surface area (Å²) in [4.78, 5) is 17.7. The number of aliphatic imine (C=N–C) groups is 1. The topological polar surface area (TPSA) is 83.8 Å². The van der Waals surface area contributed by atoms with Gasteiger partial charge in [-0.2, -0.15) is 5.10 Å². The Morgan fingerprint density at radius 1 is 1.32 bits per heavy atom. The first kappa shape index (κ1) is 21.3. The number of nitrogens with zero attached hydrogens (tertiary/aromatic N) is 4. The molecule has 1 amide bonds. The summed E-state index contributed by atoms with van der Waals surface area (Å²) in [5.74, 6) is 1.17. The Morgan fingerprint density at radius 3 is 2.57 bits per heavy atom. The lowest BCUT2D eigenvalue weighted by Crippen LogP contribution is -2.38. The van der Waals surface area contributed by atoms with Crippen LogP contribution in [0.3, 0.4) is 0 Å². The highest BCUT2D eigenvalue weighted by atomic mass is 16.5. The van der Waals surface area contributed by atoms with Gasteiger partial charge in [-0.15, -0.1) is 0 Å². The summed E-state index contributed by atoms with van der Waals surface area (Å²) < 4.78 is 6.45. The van der Waals surface area contributed by atoms with Crippen LogP contribution in [0.4, 0.5) is 10.5 Å². The Kier molecular flexibility index (Phi) is 7.43. The molecule has 152 valence electrons. The third kappa shape index (κ3) is 5.73. The third-order valence-corrected chi connectivity index (χ3v) is 4.30. The predicted molar refractivity (Wildman–Crippen MR) is 111 cm³/mol. The second kappa shape index (κ2) is 9.77. The third-order valence-electron chi connectivity index (χ3n) is 4.30. The van der Waals surface area contributed by atoms with E-state index in [4.69, 9.17) is 0 Å². The average molecular weight is 387 g/mol. The molecule has 0 aliphatic rings. The minimum absolute atomic E-state index is 0.372. The fourth-order valence-corrected chi connectivity index (χ4v) is 2.93. The summed E-state index contributed by atoms with van der Waals surface area (Å²) in [6.07, 6.45) is 1.58. The highest BCUT2D eigenvalue weighted by Gasteiger charge is 2.15. The van der Waals surface area contributed by atoms with E-state index in [1.807, 2.05) is 43.0 Å². The van der Waals surface area contributed by atoms with E-state index in [-0.39, 0.29) is 0 Å². The number of anilines is 1. The minimum Gasteiger partial charge on any atom is -0.453 e. The molecule has 1 aromatic carbocycles. The quantitative estimate of drug-likeness (QED) is 0.589. The Labute approximate surface area is 166 Å². The molecular formula is C20H30N6O2. The normalized spacial score (nSPS) is 11.5. The standard InChI is InChI=1S/C20H30N6O2/c1-14(2)18-16(13-26(5)24-18)12-25(4)19(21-3)22-11-15-7-9-17(10-8-15)23-20(27)28-6/h7-10,13-14H,11-12H2,1-6H3,(H,21,22)(H,23,27). The van der Waals surface area contributed by atoms with Crippen LogP contribution in [-0.4, -0.2) is 47.9 Å². The molecule has 0 bridgehead atoms. The number of amides is 1. The molecule has 2 N–H and O–H groups in total. The molecule has 1 heterocycles. The lowest BCUT2D eigenvalue weighted by molar-refractivity contribution is 0.187. The van der Waals surface area contributed by atoms with Gasteiger partial charge < -0.3 is 15.0 Å². The summed E-state index contributed by atoms with van der Waals surface area (Å²) in [5.41, 5.74) is 4.07. The molecule has 2 rings (SSSR count). The second-order valence-electron chi connectivity index (χ2n) is 6.94. The Hall–Kier alpha value is -3.03. The number of aryl methyl sites for hydroxylation is 1. The minimum atomic E-state index is -0.482. The first-order chi connectivity index (χ1) is 13.3. The number of nitrogens with one attached hydrogen (secondary N) is 2. The summed E-state index contributed by atoms with van der Waals surface area (Å²) in [7, 11) is 7.07. The van der Waals surface area contributed by atoms with Crippen molar-refractivity contribution in [3.8, 4) is 0 Å². The van der Waals surface area contributed by atoms with E-state index in [1.165, 1.54) is 12.7 Å². The van der Waals surface area contributed by atoms with Crippen LogP contribution >= 0.6 is 0 Å². The van der Waals surface area contributed by atoms with Gasteiger partial charge in [-0.05, 0) is 23.6 Å². The van der Waals surface area contributed by atoms with E-state index in [0.29, 0.717) is 18.2 Å². The number of guanidine groups is 1. The van der Waals surface area contributed by atoms with E-state index in [2.05, 4.69) is 50.4 Å². The van der Waals surface area contributed by atoms with Gasteiger partial charge in [0.15, 0.2) is 5.96 Å². The Bertz CT molecular complexity index is 811. The van der Waals surface area contributed by atoms with E-state index >= 15 is 0 Å². The molecule has 0 saturated heterocycles. The summed E-state index contributed by atoms with van der Waals surface area (Å²) in [5, 5.41) is 10.6. The monoisotopic (exact) mass is 386 g/mol. The van der Waals surface area contributed by atoms with Gasteiger partial charge in [-0.25, -0.2) is 4.79 Å². The molecule has 0 radical (unpaired) electrons. The zero-order chi connectivity index (χ0) is 20.7. The van der Waals surface area contributed by atoms with Crippen molar-refractivity contribution in [1.29, 1.82) is 0 Å². The molecule has 0 fully saturated rings. The van der Waals surface area contributed by atoms with Gasteiger partial charge in [0.2, 0.25) is 0 Å². The Morgan fingerprint density at radius 2 is 2.00 bits per heavy atom. The molecule has 0 atom stereocenters. The smallest absolute Gasteiger partial charge is 0.411 e. The van der Waals surface area contributed by atoms with Crippen molar-refractivity contribution < 1.29 is 9.53 Å². The number of hydrogen-bond acceptors (Lipinski definition) is 4. The Balaban J connectivity index is 1.96. The first-order valence-corrected chi connectivity index (χ1v) is 9.22. The van der Waals surface area contributed by atoms with Crippen LogP contribution in [-0.2, 0) is 24.9 Å². The molecule has 0 unspecified atom stereocenters. The molecule has 8 heteroatoms. The number of carbonyl (C=O) groups excluding carboxylic acids is 1. The van der Waals surface area contributed by atoms with Gasteiger partial charge >= 0.3 is 6.09 Å². The van der Waals surface area contributed by atoms with Crippen molar-refractivity contribution in [2.75, 3.05) is 26.5 Å². The number of aromatic nitrogens is 2.